The number of carbonyl (C=O) groups is 1. The molecule has 0 saturated carbocycles. The lowest BCUT2D eigenvalue weighted by atomic mass is 10.0. The van der Waals surface area contributed by atoms with Gasteiger partial charge in [-0.05, 0) is 48.7 Å². The number of hydrogen-bond donors (Lipinski definition) is 1. The zero-order valence-electron chi connectivity index (χ0n) is 18.4. The number of ether oxygens (including phenoxy) is 1. The first-order valence-corrected chi connectivity index (χ1v) is 10.6. The fraction of sp³-hybridized carbons (Fsp3) is 0.435. The molecule has 3 aromatic rings. The van der Waals surface area contributed by atoms with Gasteiger partial charge in [0.15, 0.2) is 5.76 Å². The number of carbonyl (C=O) groups excluding carboxylic acids is 1. The van der Waals surface area contributed by atoms with Crippen LogP contribution >= 0.6 is 0 Å². The molecule has 3 heterocycles. The molecular weight excluding hydrogens is 394 g/mol. The van der Waals surface area contributed by atoms with Crippen molar-refractivity contribution in [1.29, 1.82) is 0 Å². The fourth-order valence-corrected chi connectivity index (χ4v) is 4.04. The van der Waals surface area contributed by atoms with Gasteiger partial charge in [-0.2, -0.15) is 0 Å². The number of benzene rings is 1. The minimum Gasteiger partial charge on any atom is -0.496 e. The highest BCUT2D eigenvalue weighted by Gasteiger charge is 2.20. The third kappa shape index (κ3) is 4.64. The molecule has 1 amide bonds. The molecule has 1 aromatic carbocycles. The van der Waals surface area contributed by atoms with E-state index >= 15 is 0 Å². The third-order valence-electron chi connectivity index (χ3n) is 6.04. The van der Waals surface area contributed by atoms with Crippen LogP contribution in [0.5, 0.6) is 5.75 Å². The molecule has 8 nitrogen and oxygen atoms in total. The number of nitrogens with zero attached hydrogens (tertiary/aromatic N) is 4. The summed E-state index contributed by atoms with van der Waals surface area (Å²) in [5.74, 6) is 2.97. The van der Waals surface area contributed by atoms with Gasteiger partial charge >= 0.3 is 0 Å². The Morgan fingerprint density at radius 2 is 2.03 bits per heavy atom. The van der Waals surface area contributed by atoms with Crippen LogP contribution in [0.4, 0.5) is 0 Å². The van der Waals surface area contributed by atoms with Crippen molar-refractivity contribution in [1.82, 2.24) is 25.0 Å². The Morgan fingerprint density at radius 3 is 2.81 bits per heavy atom. The Morgan fingerprint density at radius 1 is 1.16 bits per heavy atom. The van der Waals surface area contributed by atoms with Crippen LogP contribution in [-0.2, 0) is 25.9 Å². The first-order valence-electron chi connectivity index (χ1n) is 10.6. The van der Waals surface area contributed by atoms with Crippen molar-refractivity contribution in [2.45, 2.75) is 39.8 Å². The first kappa shape index (κ1) is 21.1. The fourth-order valence-electron chi connectivity index (χ4n) is 4.04. The molecule has 1 N–H and O–H groups in total. The van der Waals surface area contributed by atoms with E-state index in [2.05, 4.69) is 51.0 Å². The van der Waals surface area contributed by atoms with Gasteiger partial charge in [0, 0.05) is 45.6 Å². The summed E-state index contributed by atoms with van der Waals surface area (Å²) in [5.41, 5.74) is 3.82. The maximum Gasteiger partial charge on any atom is 0.286 e. The van der Waals surface area contributed by atoms with Crippen LogP contribution in [0.15, 0.2) is 34.9 Å². The Kier molecular flexibility index (Phi) is 6.36. The lowest BCUT2D eigenvalue weighted by Crippen LogP contribution is -2.28. The zero-order chi connectivity index (χ0) is 21.8. The molecule has 0 saturated heterocycles. The topological polar surface area (TPSA) is 85.4 Å². The molecule has 4 rings (SSSR count). The van der Waals surface area contributed by atoms with E-state index in [1.165, 1.54) is 23.0 Å². The summed E-state index contributed by atoms with van der Waals surface area (Å²) in [7, 11) is 1.71. The van der Waals surface area contributed by atoms with E-state index in [9.17, 15) is 4.79 Å². The van der Waals surface area contributed by atoms with Crippen molar-refractivity contribution < 1.29 is 13.9 Å². The van der Waals surface area contributed by atoms with E-state index in [1.54, 1.807) is 19.2 Å². The van der Waals surface area contributed by atoms with Crippen LogP contribution < -0.4 is 10.1 Å². The van der Waals surface area contributed by atoms with E-state index < -0.39 is 0 Å². The largest absolute Gasteiger partial charge is 0.496 e. The Balaban J connectivity index is 1.35. The second kappa shape index (κ2) is 9.34. The summed E-state index contributed by atoms with van der Waals surface area (Å²) in [6.07, 6.45) is 2.99. The molecule has 164 valence electrons. The van der Waals surface area contributed by atoms with E-state index in [-0.39, 0.29) is 5.91 Å². The van der Waals surface area contributed by atoms with E-state index in [0.717, 1.165) is 50.0 Å². The van der Waals surface area contributed by atoms with Gasteiger partial charge in [-0.3, -0.25) is 9.69 Å². The van der Waals surface area contributed by atoms with Crippen molar-refractivity contribution in [3.05, 3.63) is 64.6 Å². The Bertz CT molecular complexity index is 1040. The van der Waals surface area contributed by atoms with E-state index in [1.807, 2.05) is 0 Å². The van der Waals surface area contributed by atoms with Gasteiger partial charge < -0.3 is 19.0 Å². The van der Waals surface area contributed by atoms with E-state index in [0.29, 0.717) is 18.7 Å². The Hall–Kier alpha value is -3.13. The number of methoxy groups -OCH3 is 1. The predicted molar refractivity (Wildman–Crippen MR) is 116 cm³/mol. The molecule has 1 aliphatic rings. The van der Waals surface area contributed by atoms with Crippen molar-refractivity contribution in [2.75, 3.05) is 26.7 Å². The van der Waals surface area contributed by atoms with Gasteiger partial charge in [-0.1, -0.05) is 6.07 Å². The zero-order valence-corrected chi connectivity index (χ0v) is 18.4. The van der Waals surface area contributed by atoms with Crippen LogP contribution in [0.1, 0.15) is 38.9 Å². The van der Waals surface area contributed by atoms with Crippen LogP contribution in [-0.4, -0.2) is 52.3 Å². The van der Waals surface area contributed by atoms with Gasteiger partial charge in [0.25, 0.3) is 5.91 Å². The molecule has 0 fully saturated rings. The minimum absolute atomic E-state index is 0.211. The highest BCUT2D eigenvalue weighted by Crippen LogP contribution is 2.25. The smallest absolute Gasteiger partial charge is 0.286 e. The molecule has 0 radical (unpaired) electrons. The van der Waals surface area contributed by atoms with Crippen molar-refractivity contribution in [3.63, 3.8) is 0 Å². The monoisotopic (exact) mass is 423 g/mol. The highest BCUT2D eigenvalue weighted by atomic mass is 16.5. The standard InChI is InChI=1S/C23H29N5O3/c1-16-17(2)19(30-3)7-6-18(16)15-27-11-9-22-26-25-21(28(22)13-12-27)8-10-24-23(29)20-5-4-14-31-20/h4-7,14H,8-13,15H2,1-3H3,(H,24,29). The maximum atomic E-state index is 12.0. The van der Waals surface area contributed by atoms with Gasteiger partial charge in [0.05, 0.1) is 13.4 Å². The van der Waals surface area contributed by atoms with Gasteiger partial charge in [0.2, 0.25) is 0 Å². The van der Waals surface area contributed by atoms with Crippen molar-refractivity contribution in [3.8, 4) is 5.75 Å². The summed E-state index contributed by atoms with van der Waals surface area (Å²) >= 11 is 0. The number of furan rings is 1. The second-order valence-corrected chi connectivity index (χ2v) is 7.87. The molecule has 1 aliphatic heterocycles. The number of amides is 1. The lowest BCUT2D eigenvalue weighted by Gasteiger charge is -2.22. The van der Waals surface area contributed by atoms with Crippen molar-refractivity contribution >= 4 is 5.91 Å². The summed E-state index contributed by atoms with van der Waals surface area (Å²) in [5, 5.41) is 11.6. The first-order chi connectivity index (χ1) is 15.1. The maximum absolute atomic E-state index is 12.0. The molecule has 8 heteroatoms. The molecule has 2 aromatic heterocycles. The summed E-state index contributed by atoms with van der Waals surface area (Å²) in [6.45, 7) is 8.39. The minimum atomic E-state index is -0.211. The normalized spacial score (nSPS) is 14.2. The summed E-state index contributed by atoms with van der Waals surface area (Å²) < 4.78 is 12.8. The molecule has 31 heavy (non-hydrogen) atoms. The number of aromatic nitrogens is 3. The molecule has 0 unspecified atom stereocenters. The predicted octanol–water partition coefficient (Wildman–Crippen LogP) is 2.53. The second-order valence-electron chi connectivity index (χ2n) is 7.87. The molecule has 0 bridgehead atoms. The van der Waals surface area contributed by atoms with Crippen LogP contribution in [0, 0.1) is 13.8 Å². The lowest BCUT2D eigenvalue weighted by molar-refractivity contribution is 0.0926. The average Bonchev–Trinajstić information content (AvgIpc) is 3.40. The van der Waals surface area contributed by atoms with Crippen LogP contribution in [0.3, 0.4) is 0 Å². The number of rotatable bonds is 7. The highest BCUT2D eigenvalue weighted by molar-refractivity contribution is 5.91. The Labute approximate surface area is 182 Å². The number of hydrogen-bond acceptors (Lipinski definition) is 6. The molecule has 0 atom stereocenters. The number of nitrogens with one attached hydrogen (secondary N) is 1. The summed E-state index contributed by atoms with van der Waals surface area (Å²) in [4.78, 5) is 14.5. The van der Waals surface area contributed by atoms with Gasteiger partial charge in [-0.25, -0.2) is 0 Å². The molecular formula is C23H29N5O3. The molecule has 0 spiro atoms. The van der Waals surface area contributed by atoms with Crippen LogP contribution in [0.2, 0.25) is 0 Å². The molecule has 0 aliphatic carbocycles. The van der Waals surface area contributed by atoms with Gasteiger partial charge in [-0.15, -0.1) is 10.2 Å². The van der Waals surface area contributed by atoms with Crippen LogP contribution in [0.25, 0.3) is 0 Å². The van der Waals surface area contributed by atoms with Gasteiger partial charge in [0.1, 0.15) is 17.4 Å². The third-order valence-corrected chi connectivity index (χ3v) is 6.04. The SMILES string of the molecule is COc1ccc(CN2CCc3nnc(CCNC(=O)c4ccco4)n3CC2)c(C)c1C. The quantitative estimate of drug-likeness (QED) is 0.629. The summed E-state index contributed by atoms with van der Waals surface area (Å²) in [6, 6.07) is 7.58. The van der Waals surface area contributed by atoms with E-state index in [4.69, 9.17) is 9.15 Å². The average molecular weight is 424 g/mol. The number of fused-ring (bicyclic) bond motifs is 1. The van der Waals surface area contributed by atoms with Crippen molar-refractivity contribution in [2.24, 2.45) is 0 Å².